The topological polar surface area (TPSA) is 115 Å². The molecule has 0 bridgehead atoms. The Kier molecular flexibility index (Phi) is 12.6. The molecule has 2 aliphatic rings. The fourth-order valence-electron chi connectivity index (χ4n) is 3.37. The fraction of sp³-hybridized carbons (Fsp3) is 0.889. The molecule has 4 atom stereocenters. The van der Waals surface area contributed by atoms with Gasteiger partial charge < -0.3 is 20.4 Å². The second-order valence-corrected chi connectivity index (χ2v) is 6.86. The van der Waals surface area contributed by atoms with Gasteiger partial charge in [0.25, 0.3) is 0 Å². The van der Waals surface area contributed by atoms with Gasteiger partial charge >= 0.3 is 11.9 Å². The summed E-state index contributed by atoms with van der Waals surface area (Å²) in [6.07, 6.45) is 8.58. The number of aliphatic hydroxyl groups excluding tert-OH is 2. The zero-order valence-electron chi connectivity index (χ0n) is 15.0. The predicted molar refractivity (Wildman–Crippen MR) is 91.7 cm³/mol. The molecule has 6 nitrogen and oxygen atoms in total. The van der Waals surface area contributed by atoms with Crippen molar-refractivity contribution in [2.75, 3.05) is 13.2 Å². The van der Waals surface area contributed by atoms with Crippen LogP contribution in [0.1, 0.15) is 65.2 Å². The maximum absolute atomic E-state index is 10.6. The van der Waals surface area contributed by atoms with E-state index in [1.54, 1.807) is 0 Å². The Morgan fingerprint density at radius 1 is 0.708 bits per heavy atom. The van der Waals surface area contributed by atoms with Gasteiger partial charge in [-0.2, -0.15) is 0 Å². The van der Waals surface area contributed by atoms with Gasteiger partial charge in [-0.3, -0.25) is 9.59 Å². The summed E-state index contributed by atoms with van der Waals surface area (Å²) in [7, 11) is 0. The molecular weight excluding hydrogens is 312 g/mol. The molecule has 4 N–H and O–H groups in total. The van der Waals surface area contributed by atoms with E-state index in [9.17, 15) is 9.59 Å². The molecule has 2 fully saturated rings. The molecule has 4 unspecified atom stereocenters. The number of carboxylic acids is 2. The Hall–Kier alpha value is -1.14. The van der Waals surface area contributed by atoms with Gasteiger partial charge in [-0.05, 0) is 37.5 Å². The van der Waals surface area contributed by atoms with Crippen LogP contribution in [-0.4, -0.2) is 45.6 Å². The molecule has 0 aromatic heterocycles. The van der Waals surface area contributed by atoms with Crippen molar-refractivity contribution in [1.29, 1.82) is 0 Å². The van der Waals surface area contributed by atoms with Crippen LogP contribution in [-0.2, 0) is 9.59 Å². The van der Waals surface area contributed by atoms with Crippen LogP contribution in [0.3, 0.4) is 0 Å². The smallest absolute Gasteiger partial charge is 0.306 e. The molecular formula is C18H34O6. The minimum Gasteiger partial charge on any atom is -0.481 e. The molecule has 2 rings (SSSR count). The van der Waals surface area contributed by atoms with Crippen molar-refractivity contribution in [2.45, 2.75) is 65.2 Å². The van der Waals surface area contributed by atoms with Gasteiger partial charge in [0.1, 0.15) is 0 Å². The van der Waals surface area contributed by atoms with Crippen LogP contribution in [0.25, 0.3) is 0 Å². The number of carbonyl (C=O) groups is 2. The van der Waals surface area contributed by atoms with Gasteiger partial charge in [0.05, 0.1) is 25.0 Å². The minimum atomic E-state index is -0.604. The number of hydrogen-bond acceptors (Lipinski definition) is 4. The molecule has 0 aromatic rings. The highest BCUT2D eigenvalue weighted by atomic mass is 16.4. The second kappa shape index (κ2) is 13.2. The minimum absolute atomic E-state index is 0.0613. The van der Waals surface area contributed by atoms with Crippen LogP contribution in [0.4, 0.5) is 0 Å². The monoisotopic (exact) mass is 346 g/mol. The summed E-state index contributed by atoms with van der Waals surface area (Å²) in [4.78, 5) is 21.1. The molecule has 0 spiro atoms. The van der Waals surface area contributed by atoms with E-state index >= 15 is 0 Å². The SMILES string of the molecule is CC1CCCCC1C(=O)O.CC1CCCCC1C(=O)O.OCCO. The maximum atomic E-state index is 10.6. The average Bonchev–Trinajstić information content (AvgIpc) is 2.56. The summed E-state index contributed by atoms with van der Waals surface area (Å²) >= 11 is 0. The van der Waals surface area contributed by atoms with Crippen molar-refractivity contribution in [1.82, 2.24) is 0 Å². The van der Waals surface area contributed by atoms with Crippen LogP contribution < -0.4 is 0 Å². The van der Waals surface area contributed by atoms with Gasteiger partial charge in [0.15, 0.2) is 0 Å². The van der Waals surface area contributed by atoms with E-state index in [1.807, 2.05) is 13.8 Å². The summed E-state index contributed by atoms with van der Waals surface area (Å²) in [5.41, 5.74) is 0. The van der Waals surface area contributed by atoms with Crippen LogP contribution in [0.5, 0.6) is 0 Å². The molecule has 0 heterocycles. The van der Waals surface area contributed by atoms with E-state index in [0.717, 1.165) is 38.5 Å². The summed E-state index contributed by atoms with van der Waals surface area (Å²) in [6, 6.07) is 0. The third-order valence-electron chi connectivity index (χ3n) is 4.96. The van der Waals surface area contributed by atoms with Crippen molar-refractivity contribution in [3.63, 3.8) is 0 Å². The first-order valence-corrected chi connectivity index (χ1v) is 9.02. The molecule has 0 aromatic carbocycles. The highest BCUT2D eigenvalue weighted by Crippen LogP contribution is 2.30. The zero-order valence-corrected chi connectivity index (χ0v) is 15.0. The number of aliphatic hydroxyl groups is 2. The molecule has 2 saturated carbocycles. The standard InChI is InChI=1S/2C8H14O2.C2H6O2/c2*1-6-4-2-3-5-7(6)8(9)10;3-1-2-4/h2*6-7H,2-5H2,1H3,(H,9,10);3-4H,1-2H2. The number of hydrogen-bond donors (Lipinski definition) is 4. The molecule has 142 valence electrons. The van der Waals surface area contributed by atoms with Crippen molar-refractivity contribution < 1.29 is 30.0 Å². The second-order valence-electron chi connectivity index (χ2n) is 6.86. The van der Waals surface area contributed by atoms with Crippen molar-refractivity contribution in [3.05, 3.63) is 0 Å². The summed E-state index contributed by atoms with van der Waals surface area (Å²) in [5.74, 6) is -0.542. The number of carboxylic acid groups (broad SMARTS) is 2. The summed E-state index contributed by atoms with van der Waals surface area (Å²) in [6.45, 7) is 3.83. The van der Waals surface area contributed by atoms with Gasteiger partial charge in [-0.1, -0.05) is 39.5 Å². The van der Waals surface area contributed by atoms with Crippen LogP contribution in [0, 0.1) is 23.7 Å². The first kappa shape index (κ1) is 22.9. The van der Waals surface area contributed by atoms with Crippen LogP contribution in [0.2, 0.25) is 0 Å². The lowest BCUT2D eigenvalue weighted by molar-refractivity contribution is -0.145. The Morgan fingerprint density at radius 2 is 1.00 bits per heavy atom. The van der Waals surface area contributed by atoms with Crippen LogP contribution >= 0.6 is 0 Å². The average molecular weight is 346 g/mol. The lowest BCUT2D eigenvalue weighted by Gasteiger charge is -2.24. The molecule has 6 heteroatoms. The Labute approximate surface area is 144 Å². The number of aliphatic carboxylic acids is 2. The highest BCUT2D eigenvalue weighted by Gasteiger charge is 2.27. The highest BCUT2D eigenvalue weighted by molar-refractivity contribution is 5.70. The van der Waals surface area contributed by atoms with E-state index in [1.165, 1.54) is 12.8 Å². The van der Waals surface area contributed by atoms with Crippen molar-refractivity contribution in [2.24, 2.45) is 23.7 Å². The van der Waals surface area contributed by atoms with E-state index in [-0.39, 0.29) is 25.0 Å². The Morgan fingerprint density at radius 3 is 1.17 bits per heavy atom. The lowest BCUT2D eigenvalue weighted by atomic mass is 9.81. The summed E-state index contributed by atoms with van der Waals surface area (Å²) in [5, 5.41) is 32.7. The molecule has 0 amide bonds. The van der Waals surface area contributed by atoms with Gasteiger partial charge in [-0.15, -0.1) is 0 Å². The largest absolute Gasteiger partial charge is 0.481 e. The maximum Gasteiger partial charge on any atom is 0.306 e. The first-order chi connectivity index (χ1) is 11.3. The van der Waals surface area contributed by atoms with E-state index in [0.29, 0.717) is 11.8 Å². The van der Waals surface area contributed by atoms with Gasteiger partial charge in [0.2, 0.25) is 0 Å². The zero-order chi connectivity index (χ0) is 18.5. The molecule has 2 aliphatic carbocycles. The lowest BCUT2D eigenvalue weighted by Crippen LogP contribution is -2.24. The quantitative estimate of drug-likeness (QED) is 0.624. The van der Waals surface area contributed by atoms with Crippen LogP contribution in [0.15, 0.2) is 0 Å². The normalized spacial score (nSPS) is 29.3. The summed E-state index contributed by atoms with van der Waals surface area (Å²) < 4.78 is 0. The molecule has 0 saturated heterocycles. The van der Waals surface area contributed by atoms with E-state index < -0.39 is 11.9 Å². The predicted octanol–water partition coefficient (Wildman–Crippen LogP) is 2.77. The molecule has 24 heavy (non-hydrogen) atoms. The van der Waals surface area contributed by atoms with Gasteiger partial charge in [0, 0.05) is 0 Å². The van der Waals surface area contributed by atoms with E-state index in [4.69, 9.17) is 20.4 Å². The van der Waals surface area contributed by atoms with E-state index in [2.05, 4.69) is 0 Å². The van der Waals surface area contributed by atoms with Crippen molar-refractivity contribution in [3.8, 4) is 0 Å². The third-order valence-corrected chi connectivity index (χ3v) is 4.96. The third kappa shape index (κ3) is 9.23. The Balaban J connectivity index is 0.000000363. The Bertz CT molecular complexity index is 323. The van der Waals surface area contributed by atoms with Gasteiger partial charge in [-0.25, -0.2) is 0 Å². The first-order valence-electron chi connectivity index (χ1n) is 9.02. The van der Waals surface area contributed by atoms with Crippen molar-refractivity contribution >= 4 is 11.9 Å². The fourth-order valence-corrected chi connectivity index (χ4v) is 3.37. The molecule has 0 aliphatic heterocycles. The number of rotatable bonds is 3. The molecule has 0 radical (unpaired) electrons.